The van der Waals surface area contributed by atoms with Crippen LogP contribution < -0.4 is 10.0 Å². The van der Waals surface area contributed by atoms with Crippen LogP contribution in [0, 0.1) is 13.8 Å². The van der Waals surface area contributed by atoms with Crippen LogP contribution in [0.3, 0.4) is 0 Å². The zero-order valence-electron chi connectivity index (χ0n) is 12.2. The molecule has 1 amide bonds. The van der Waals surface area contributed by atoms with Crippen molar-refractivity contribution in [3.05, 3.63) is 15.6 Å². The smallest absolute Gasteiger partial charge is 0.269 e. The Balaban J connectivity index is 1.97. The van der Waals surface area contributed by atoms with Gasteiger partial charge in [-0.3, -0.25) is 4.79 Å². The average Bonchev–Trinajstić information content (AvgIpc) is 2.96. The number of carbonyl (C=O) groups excluding carboxylic acids is 1. The van der Waals surface area contributed by atoms with Crippen LogP contribution >= 0.6 is 22.7 Å². The molecule has 2 N–H and O–H groups in total. The van der Waals surface area contributed by atoms with E-state index in [2.05, 4.69) is 25.2 Å². The first-order chi connectivity index (χ1) is 10.3. The van der Waals surface area contributed by atoms with Crippen molar-refractivity contribution in [2.24, 2.45) is 0 Å². The maximum Gasteiger partial charge on any atom is 0.269 e. The number of nitrogens with one attached hydrogen (secondary N) is 2. The number of hydrogen-bond donors (Lipinski definition) is 2. The van der Waals surface area contributed by atoms with Crippen LogP contribution in [0.4, 0.5) is 5.13 Å². The lowest BCUT2D eigenvalue weighted by atomic mass is 10.3. The first-order valence-electron chi connectivity index (χ1n) is 6.31. The van der Waals surface area contributed by atoms with E-state index in [1.54, 1.807) is 11.3 Å². The van der Waals surface area contributed by atoms with Gasteiger partial charge in [-0.1, -0.05) is 11.3 Å². The van der Waals surface area contributed by atoms with E-state index < -0.39 is 10.0 Å². The minimum Gasteiger partial charge on any atom is -0.301 e. The Bertz CT molecular complexity index is 781. The van der Waals surface area contributed by atoms with Crippen LogP contribution in [-0.2, 0) is 21.2 Å². The number of nitrogens with zero attached hydrogens (tertiary/aromatic N) is 3. The Hall–Kier alpha value is -1.43. The highest BCUT2D eigenvalue weighted by molar-refractivity contribution is 7.91. The molecule has 2 rings (SSSR count). The van der Waals surface area contributed by atoms with Gasteiger partial charge in [0.2, 0.25) is 15.4 Å². The van der Waals surface area contributed by atoms with Crippen molar-refractivity contribution < 1.29 is 13.2 Å². The second-order valence-electron chi connectivity index (χ2n) is 4.44. The van der Waals surface area contributed by atoms with Gasteiger partial charge in [0.1, 0.15) is 0 Å². The number of sulfonamides is 1. The van der Waals surface area contributed by atoms with E-state index in [-0.39, 0.29) is 21.9 Å². The van der Waals surface area contributed by atoms with Crippen molar-refractivity contribution in [2.75, 3.05) is 11.9 Å². The molecule has 0 atom stereocenters. The van der Waals surface area contributed by atoms with E-state index in [0.29, 0.717) is 6.42 Å². The minimum absolute atomic E-state index is 0.154. The predicted octanol–water partition coefficient (Wildman–Crippen LogP) is 1.09. The average molecular weight is 361 g/mol. The highest BCUT2D eigenvalue weighted by Crippen LogP contribution is 2.20. The third-order valence-corrected chi connectivity index (χ3v) is 6.36. The second-order valence-corrected chi connectivity index (χ2v) is 8.65. The van der Waals surface area contributed by atoms with Gasteiger partial charge in [-0.05, 0) is 20.3 Å². The minimum atomic E-state index is -3.72. The van der Waals surface area contributed by atoms with Crippen LogP contribution in [0.2, 0.25) is 0 Å². The van der Waals surface area contributed by atoms with Gasteiger partial charge in [0.15, 0.2) is 0 Å². The molecule has 0 unspecified atom stereocenters. The van der Waals surface area contributed by atoms with Gasteiger partial charge in [-0.15, -0.1) is 21.5 Å². The van der Waals surface area contributed by atoms with Crippen molar-refractivity contribution in [3.8, 4) is 0 Å². The van der Waals surface area contributed by atoms with Gasteiger partial charge in [0, 0.05) is 18.3 Å². The van der Waals surface area contributed by atoms with Crippen molar-refractivity contribution in [1.29, 1.82) is 0 Å². The van der Waals surface area contributed by atoms with Gasteiger partial charge in [-0.2, -0.15) is 0 Å². The Kier molecular flexibility index (Phi) is 5.21. The number of anilines is 1. The summed E-state index contributed by atoms with van der Waals surface area (Å²) < 4.78 is 26.5. The molecule has 0 aliphatic rings. The summed E-state index contributed by atoms with van der Waals surface area (Å²) >= 11 is 2.36. The molecular weight excluding hydrogens is 346 g/mol. The molecule has 0 aromatic carbocycles. The summed E-state index contributed by atoms with van der Waals surface area (Å²) in [6.07, 6.45) is 0.563. The van der Waals surface area contributed by atoms with Crippen LogP contribution in [0.15, 0.2) is 4.34 Å². The zero-order valence-corrected chi connectivity index (χ0v) is 14.7. The Labute approximate surface area is 136 Å². The fourth-order valence-electron chi connectivity index (χ4n) is 1.69. The van der Waals surface area contributed by atoms with Gasteiger partial charge in [-0.25, -0.2) is 18.1 Å². The quantitative estimate of drug-likeness (QED) is 0.745. The summed E-state index contributed by atoms with van der Waals surface area (Å²) in [7, 11) is -3.72. The number of hydrogen-bond acceptors (Lipinski definition) is 8. The molecule has 2 aromatic heterocycles. The molecule has 0 radical (unpaired) electrons. The molecule has 22 heavy (non-hydrogen) atoms. The Morgan fingerprint density at radius 1 is 1.23 bits per heavy atom. The summed E-state index contributed by atoms with van der Waals surface area (Å²) in [6, 6.07) is 0. The number of carbonyl (C=O) groups is 1. The Morgan fingerprint density at radius 3 is 2.55 bits per heavy atom. The van der Waals surface area contributed by atoms with E-state index in [1.165, 1.54) is 6.92 Å². The number of amides is 1. The first-order valence-corrected chi connectivity index (χ1v) is 9.43. The molecule has 2 heterocycles. The largest absolute Gasteiger partial charge is 0.301 e. The van der Waals surface area contributed by atoms with E-state index >= 15 is 0 Å². The molecule has 0 fully saturated rings. The number of thiazole rings is 1. The molecule has 0 saturated heterocycles. The van der Waals surface area contributed by atoms with Gasteiger partial charge in [0.05, 0.1) is 10.7 Å². The highest BCUT2D eigenvalue weighted by atomic mass is 32.2. The van der Waals surface area contributed by atoms with E-state index in [1.807, 2.05) is 13.8 Å². The molecule has 0 aliphatic heterocycles. The van der Waals surface area contributed by atoms with Crippen molar-refractivity contribution >= 4 is 43.7 Å². The number of aromatic nitrogens is 3. The van der Waals surface area contributed by atoms with Crippen molar-refractivity contribution in [2.45, 2.75) is 31.5 Å². The molecular formula is C11H15N5O3S3. The van der Waals surface area contributed by atoms with Crippen LogP contribution in [0.25, 0.3) is 0 Å². The zero-order chi connectivity index (χ0) is 16.3. The van der Waals surface area contributed by atoms with Gasteiger partial charge >= 0.3 is 0 Å². The van der Waals surface area contributed by atoms with Crippen molar-refractivity contribution in [1.82, 2.24) is 19.9 Å². The molecule has 11 heteroatoms. The lowest BCUT2D eigenvalue weighted by Crippen LogP contribution is -2.25. The summed E-state index contributed by atoms with van der Waals surface area (Å²) in [4.78, 5) is 16.2. The van der Waals surface area contributed by atoms with E-state index in [9.17, 15) is 13.2 Å². The summed E-state index contributed by atoms with van der Waals surface area (Å²) in [5.41, 5.74) is 0.922. The monoisotopic (exact) mass is 361 g/mol. The molecule has 0 aliphatic carbocycles. The maximum atomic E-state index is 12.1. The third kappa shape index (κ3) is 4.29. The fourth-order valence-corrected chi connectivity index (χ4v) is 4.64. The summed E-state index contributed by atoms with van der Waals surface area (Å²) in [5.74, 6) is -0.330. The topological polar surface area (TPSA) is 114 Å². The summed E-state index contributed by atoms with van der Waals surface area (Å²) in [5, 5.41) is 10.7. The maximum absolute atomic E-state index is 12.1. The highest BCUT2D eigenvalue weighted by Gasteiger charge is 2.20. The molecule has 0 bridgehead atoms. The van der Waals surface area contributed by atoms with E-state index in [4.69, 9.17) is 0 Å². The van der Waals surface area contributed by atoms with Crippen LogP contribution in [0.1, 0.15) is 22.5 Å². The lowest BCUT2D eigenvalue weighted by molar-refractivity contribution is -0.114. The molecule has 120 valence electrons. The fraction of sp³-hybridized carbons (Fsp3) is 0.455. The summed E-state index contributed by atoms with van der Waals surface area (Å²) in [6.45, 7) is 5.38. The SMILES string of the molecule is CC(=O)Nc1nnc(S(=O)(=O)NCCc2sc(C)nc2C)s1. The standard InChI is InChI=1S/C11H15N5O3S3/c1-6-9(20-8(3)13-6)4-5-12-22(18,19)11-16-15-10(21-11)14-7(2)17/h12H,4-5H2,1-3H3,(H,14,15,17). The normalized spacial score (nSPS) is 11.6. The van der Waals surface area contributed by atoms with E-state index in [0.717, 1.165) is 26.9 Å². The lowest BCUT2D eigenvalue weighted by Gasteiger charge is -2.02. The van der Waals surface area contributed by atoms with Gasteiger partial charge < -0.3 is 5.32 Å². The van der Waals surface area contributed by atoms with Crippen molar-refractivity contribution in [3.63, 3.8) is 0 Å². The number of aryl methyl sites for hydroxylation is 2. The molecule has 8 nitrogen and oxygen atoms in total. The van der Waals surface area contributed by atoms with Gasteiger partial charge in [0.25, 0.3) is 10.0 Å². The molecule has 0 spiro atoms. The first kappa shape index (κ1) is 16.9. The van der Waals surface area contributed by atoms with Crippen LogP contribution in [-0.4, -0.2) is 36.1 Å². The molecule has 2 aromatic rings. The molecule has 0 saturated carbocycles. The predicted molar refractivity (Wildman–Crippen MR) is 84.7 cm³/mol. The Morgan fingerprint density at radius 2 is 1.95 bits per heavy atom. The van der Waals surface area contributed by atoms with Crippen LogP contribution in [0.5, 0.6) is 0 Å². The third-order valence-electron chi connectivity index (χ3n) is 2.56. The number of rotatable bonds is 6. The second kappa shape index (κ2) is 6.77.